The average Bonchev–Trinajstić information content (AvgIpc) is 3.21. The van der Waals surface area contributed by atoms with Gasteiger partial charge in [-0.2, -0.15) is 0 Å². The maximum atomic E-state index is 15.4. The molecule has 6 rings (SSSR count). The summed E-state index contributed by atoms with van der Waals surface area (Å²) in [5.41, 5.74) is -14.3. The minimum atomic E-state index is -7.22. The molecule has 0 spiro atoms. The Hall–Kier alpha value is -5.58. The van der Waals surface area contributed by atoms with Gasteiger partial charge in [0, 0.05) is 4.73 Å². The number of benzene rings is 4. The van der Waals surface area contributed by atoms with E-state index in [-0.39, 0.29) is 0 Å². The second-order valence-corrected chi connectivity index (χ2v) is 12.3. The van der Waals surface area contributed by atoms with E-state index >= 15 is 35.1 Å². The lowest BCUT2D eigenvalue weighted by atomic mass is 9.12. The summed E-state index contributed by atoms with van der Waals surface area (Å²) < 4.78 is 296. The quantitative estimate of drug-likeness (QED) is 0.0607. The van der Waals surface area contributed by atoms with Crippen LogP contribution in [0.3, 0.4) is 0 Å². The molecule has 1 fully saturated rings. The molecule has 1 heterocycles. The summed E-state index contributed by atoms with van der Waals surface area (Å²) in [7, 11) is 0. The fourth-order valence-electron chi connectivity index (χ4n) is 6.59. The Balaban J connectivity index is 0.000000414. The van der Waals surface area contributed by atoms with Crippen LogP contribution in [0.25, 0.3) is 0 Å². The van der Waals surface area contributed by atoms with Gasteiger partial charge in [0.1, 0.15) is 52.7 Å². The van der Waals surface area contributed by atoms with Gasteiger partial charge in [-0.15, -0.1) is 21.9 Å². The molecule has 1 aliphatic rings. The van der Waals surface area contributed by atoms with Gasteiger partial charge in [-0.05, 0) is 25.7 Å². The lowest BCUT2D eigenvalue weighted by molar-refractivity contribution is -0.899. The van der Waals surface area contributed by atoms with E-state index in [0.29, 0.717) is 6.10 Å². The molecular weight excluding hydrogens is 843 g/mol. The monoisotopic (exact) mass is 858 g/mol. The lowest BCUT2D eigenvalue weighted by Gasteiger charge is -2.44. The highest BCUT2D eigenvalue weighted by atomic mass is 19.2. The molecule has 1 aliphatic carbocycles. The van der Waals surface area contributed by atoms with E-state index in [1.165, 1.54) is 32.1 Å². The molecule has 0 unspecified atom stereocenters. The normalized spacial score (nSPS) is 13.4. The molecule has 58 heavy (non-hydrogen) atoms. The summed E-state index contributed by atoms with van der Waals surface area (Å²) >= 11 is 0. The summed E-state index contributed by atoms with van der Waals surface area (Å²) in [5, 5.41) is 0. The molecule has 0 saturated heterocycles. The maximum Gasteiger partial charge on any atom is 0.240 e. The summed E-state index contributed by atoms with van der Waals surface area (Å²) in [4.78, 5) is 9.67. The van der Waals surface area contributed by atoms with Crippen molar-refractivity contribution in [3.05, 3.63) is 141 Å². The van der Waals surface area contributed by atoms with Gasteiger partial charge in [-0.25, -0.2) is 87.8 Å². The fourth-order valence-corrected chi connectivity index (χ4v) is 6.59. The van der Waals surface area contributed by atoms with Gasteiger partial charge in [-0.1, -0.05) is 6.42 Å². The van der Waals surface area contributed by atoms with Gasteiger partial charge in [-0.3, -0.25) is 9.82 Å². The zero-order valence-corrected chi connectivity index (χ0v) is 27.9. The summed E-state index contributed by atoms with van der Waals surface area (Å²) in [5.74, 6) is -71.4. The third-order valence-electron chi connectivity index (χ3n) is 9.13. The molecular formula is C34H15BF20N2O. The van der Waals surface area contributed by atoms with Gasteiger partial charge in [0.25, 0.3) is 0 Å². The average molecular weight is 858 g/mol. The molecule has 0 amide bonds. The van der Waals surface area contributed by atoms with Crippen molar-refractivity contribution in [1.82, 2.24) is 4.98 Å². The van der Waals surface area contributed by atoms with Gasteiger partial charge in [0.2, 0.25) is 12.4 Å². The van der Waals surface area contributed by atoms with Crippen LogP contribution in [0.15, 0.2) is 24.8 Å². The van der Waals surface area contributed by atoms with Crippen molar-refractivity contribution in [2.75, 3.05) is 0 Å². The van der Waals surface area contributed by atoms with E-state index < -0.39 is 144 Å². The smallest absolute Gasteiger partial charge is 0.240 e. The maximum absolute atomic E-state index is 15.4. The SMILES string of the molecule is Fc1c(F)c(F)c([B-](c2c(F)c(F)c(F)c(F)c2F)(c2c(F)c(F)c(F)c(F)c2F)c2c(F)c(F)c(F)c(F)c2F)c(F)c1F.c1c[n+](OC2CCCCC2)ccn1. The van der Waals surface area contributed by atoms with E-state index in [4.69, 9.17) is 4.84 Å². The van der Waals surface area contributed by atoms with Crippen LogP contribution in [0.4, 0.5) is 87.8 Å². The Bertz CT molecular complexity index is 2050. The third-order valence-corrected chi connectivity index (χ3v) is 9.13. The lowest BCUT2D eigenvalue weighted by Crippen LogP contribution is -2.81. The second kappa shape index (κ2) is 16.4. The highest BCUT2D eigenvalue weighted by Crippen LogP contribution is 2.30. The van der Waals surface area contributed by atoms with E-state index in [0.717, 1.165) is 0 Å². The molecule has 5 aromatic rings. The molecule has 0 aliphatic heterocycles. The Labute approximate surface area is 310 Å². The highest BCUT2D eigenvalue weighted by Gasteiger charge is 2.52. The van der Waals surface area contributed by atoms with Gasteiger partial charge < -0.3 is 0 Å². The van der Waals surface area contributed by atoms with Crippen LogP contribution in [-0.2, 0) is 0 Å². The molecule has 0 bridgehead atoms. The molecule has 24 heteroatoms. The topological polar surface area (TPSA) is 26.0 Å². The predicted molar refractivity (Wildman–Crippen MR) is 157 cm³/mol. The van der Waals surface area contributed by atoms with Crippen molar-refractivity contribution in [3.63, 3.8) is 0 Å². The molecule has 0 atom stereocenters. The molecule has 1 aromatic heterocycles. The zero-order chi connectivity index (χ0) is 43.3. The van der Waals surface area contributed by atoms with Gasteiger partial charge >= 0.3 is 0 Å². The van der Waals surface area contributed by atoms with E-state index in [1.807, 2.05) is 12.4 Å². The minimum absolute atomic E-state index is 0.404. The fraction of sp³-hybridized carbons (Fsp3) is 0.176. The number of hydrogen-bond donors (Lipinski definition) is 0. The number of halogens is 20. The van der Waals surface area contributed by atoms with Crippen LogP contribution in [0, 0.1) is 116 Å². The predicted octanol–water partition coefficient (Wildman–Crippen LogP) is 6.98. The molecule has 1 saturated carbocycles. The Kier molecular flexibility index (Phi) is 12.3. The van der Waals surface area contributed by atoms with Crippen LogP contribution in [-0.4, -0.2) is 17.2 Å². The molecule has 4 aromatic carbocycles. The number of nitrogens with zero attached hydrogens (tertiary/aromatic N) is 2. The van der Waals surface area contributed by atoms with E-state index in [2.05, 4.69) is 4.98 Å². The first-order valence-electron chi connectivity index (χ1n) is 15.9. The number of hydrogen-bond acceptors (Lipinski definition) is 2. The van der Waals surface area contributed by atoms with Crippen LogP contribution in [0.1, 0.15) is 32.1 Å². The second-order valence-electron chi connectivity index (χ2n) is 12.3. The molecule has 0 radical (unpaired) electrons. The van der Waals surface area contributed by atoms with Gasteiger partial charge in [0.05, 0.1) is 12.4 Å². The molecule has 310 valence electrons. The number of rotatable bonds is 6. The van der Waals surface area contributed by atoms with Crippen LogP contribution in [0.2, 0.25) is 0 Å². The Morgan fingerprint density at radius 2 is 0.586 bits per heavy atom. The first-order chi connectivity index (χ1) is 27.2. The standard InChI is InChI=1S/C24BF20.C10H15N2O/c26-5-1(6(27)14(35)21(42)13(5)34)25(2-7(28)15(36)22(43)16(37)8(2)29,3-9(30)17(38)23(44)18(39)10(3)31)4-11(32)19(40)24(45)20(41)12(4)33;1-2-4-10(5-3-1)13-12-8-6-11-7-9-12/h;6-10H,1-5H2/q-1;+1. The summed E-state index contributed by atoms with van der Waals surface area (Å²) in [6.45, 7) is 0. The first kappa shape index (κ1) is 43.5. The van der Waals surface area contributed by atoms with Crippen molar-refractivity contribution < 1.29 is 97.4 Å². The van der Waals surface area contributed by atoms with Crippen LogP contribution in [0.5, 0.6) is 0 Å². The Morgan fingerprint density at radius 1 is 0.362 bits per heavy atom. The highest BCUT2D eigenvalue weighted by molar-refractivity contribution is 7.20. The van der Waals surface area contributed by atoms with E-state index in [9.17, 15) is 52.7 Å². The van der Waals surface area contributed by atoms with Crippen molar-refractivity contribution in [2.45, 2.75) is 38.2 Å². The molecule has 3 nitrogen and oxygen atoms in total. The number of aromatic nitrogens is 2. The first-order valence-corrected chi connectivity index (χ1v) is 15.9. The van der Waals surface area contributed by atoms with Crippen molar-refractivity contribution in [3.8, 4) is 0 Å². The van der Waals surface area contributed by atoms with Crippen molar-refractivity contribution >= 4 is 28.0 Å². The summed E-state index contributed by atoms with van der Waals surface area (Å²) in [6.07, 6.45) is 6.69. The van der Waals surface area contributed by atoms with Crippen molar-refractivity contribution in [1.29, 1.82) is 0 Å². The largest absolute Gasteiger partial charge is 0.268 e. The Morgan fingerprint density at radius 3 is 0.828 bits per heavy atom. The van der Waals surface area contributed by atoms with Gasteiger partial charge in [0.15, 0.2) is 75.9 Å². The van der Waals surface area contributed by atoms with E-state index in [1.54, 1.807) is 17.1 Å². The van der Waals surface area contributed by atoms with Crippen LogP contribution >= 0.6 is 0 Å². The van der Waals surface area contributed by atoms with Crippen molar-refractivity contribution in [2.24, 2.45) is 0 Å². The summed E-state index contributed by atoms with van der Waals surface area (Å²) in [6, 6.07) is 0. The zero-order valence-electron chi connectivity index (χ0n) is 27.9. The minimum Gasteiger partial charge on any atom is -0.268 e. The molecule has 0 N–H and O–H groups in total. The van der Waals surface area contributed by atoms with Crippen LogP contribution < -0.4 is 31.4 Å². The third kappa shape index (κ3) is 6.82.